The third kappa shape index (κ3) is 3.74. The van der Waals surface area contributed by atoms with Gasteiger partial charge in [-0.1, -0.05) is 44.8 Å². The van der Waals surface area contributed by atoms with Crippen molar-refractivity contribution in [2.24, 2.45) is 28.6 Å². The second kappa shape index (κ2) is 7.82. The van der Waals surface area contributed by atoms with Crippen LogP contribution in [0, 0.1) is 28.6 Å². The summed E-state index contributed by atoms with van der Waals surface area (Å²) in [5, 5.41) is 43.0. The number of hydrogen-bond acceptors (Lipinski definition) is 4. The second-order valence-electron chi connectivity index (χ2n) is 12.8. The van der Waals surface area contributed by atoms with Gasteiger partial charge in [0.05, 0.1) is 17.8 Å². The maximum Gasteiger partial charge on any atom is 0.102 e. The van der Waals surface area contributed by atoms with Crippen LogP contribution in [0.15, 0.2) is 11.1 Å². The Kier molecular flexibility index (Phi) is 5.99. The van der Waals surface area contributed by atoms with Crippen molar-refractivity contribution in [1.82, 2.24) is 0 Å². The minimum absolute atomic E-state index is 0.271. The highest BCUT2D eigenvalue weighted by molar-refractivity contribution is 5.38. The molecular weight excluding hydrogens is 388 g/mol. The van der Waals surface area contributed by atoms with Crippen LogP contribution in [0.1, 0.15) is 105 Å². The monoisotopic (exact) mass is 434 g/mol. The Morgan fingerprint density at radius 3 is 2.48 bits per heavy atom. The Balaban J connectivity index is 1.57. The second-order valence-corrected chi connectivity index (χ2v) is 12.8. The molecule has 0 aromatic carbocycles. The molecule has 2 fully saturated rings. The van der Waals surface area contributed by atoms with Crippen molar-refractivity contribution < 1.29 is 20.4 Å². The molecule has 0 spiro atoms. The lowest BCUT2D eigenvalue weighted by molar-refractivity contribution is -0.191. The van der Waals surface area contributed by atoms with E-state index in [2.05, 4.69) is 20.8 Å². The number of aliphatic hydroxyl groups excluding tert-OH is 2. The van der Waals surface area contributed by atoms with Crippen LogP contribution in [0.4, 0.5) is 0 Å². The Labute approximate surface area is 189 Å². The van der Waals surface area contributed by atoms with Crippen molar-refractivity contribution in [1.29, 1.82) is 0 Å². The van der Waals surface area contributed by atoms with Gasteiger partial charge in [-0.2, -0.15) is 0 Å². The van der Waals surface area contributed by atoms with Crippen molar-refractivity contribution in [3.05, 3.63) is 11.1 Å². The molecule has 4 nitrogen and oxygen atoms in total. The summed E-state index contributed by atoms with van der Waals surface area (Å²) in [6.07, 6.45) is 8.79. The van der Waals surface area contributed by atoms with Crippen molar-refractivity contribution in [3.8, 4) is 0 Å². The molecule has 178 valence electrons. The van der Waals surface area contributed by atoms with Gasteiger partial charge in [-0.3, -0.25) is 0 Å². The molecule has 4 N–H and O–H groups in total. The summed E-state index contributed by atoms with van der Waals surface area (Å²) >= 11 is 0. The molecule has 1 unspecified atom stereocenters. The van der Waals surface area contributed by atoms with Gasteiger partial charge < -0.3 is 20.4 Å². The summed E-state index contributed by atoms with van der Waals surface area (Å²) in [7, 11) is 0. The predicted molar refractivity (Wildman–Crippen MR) is 123 cm³/mol. The minimum Gasteiger partial charge on any atom is -0.393 e. The normalized spacial score (nSPS) is 46.4. The van der Waals surface area contributed by atoms with Crippen LogP contribution in [0.3, 0.4) is 0 Å². The number of hydrogen-bond donors (Lipinski definition) is 4. The van der Waals surface area contributed by atoms with Crippen molar-refractivity contribution in [2.75, 3.05) is 0 Å². The molecule has 8 atom stereocenters. The molecule has 0 heterocycles. The lowest BCUT2D eigenvalue weighted by atomic mass is 9.48. The zero-order chi connectivity index (χ0) is 22.8. The van der Waals surface area contributed by atoms with E-state index in [0.717, 1.165) is 25.7 Å². The fourth-order valence-corrected chi connectivity index (χ4v) is 8.50. The zero-order valence-corrected chi connectivity index (χ0v) is 20.5. The summed E-state index contributed by atoms with van der Waals surface area (Å²) in [6, 6.07) is 0. The van der Waals surface area contributed by atoms with Crippen molar-refractivity contribution in [3.63, 3.8) is 0 Å². The van der Waals surface area contributed by atoms with Crippen LogP contribution in [-0.4, -0.2) is 43.8 Å². The van der Waals surface area contributed by atoms with Crippen LogP contribution in [0.2, 0.25) is 0 Å². The molecule has 2 saturated carbocycles. The standard InChI is InChI=1S/C27H46O4/c1-17(7-6-12-24(2,3)30)20-8-9-21-19-15-23(29)27(31)16-18(28)10-14-26(27,5)22(19)11-13-25(20,21)4/h17-18,20-21,23,28-31H,6-16H2,1-5H3/t17?,18-,20+,21-,23-,25+,26+,27-/m0/s1. The summed E-state index contributed by atoms with van der Waals surface area (Å²) < 4.78 is 0. The summed E-state index contributed by atoms with van der Waals surface area (Å²) in [5.41, 5.74) is 0.967. The third-order valence-electron chi connectivity index (χ3n) is 10.4. The lowest BCUT2D eigenvalue weighted by Gasteiger charge is -2.60. The average Bonchev–Trinajstić information content (AvgIpc) is 3.01. The maximum atomic E-state index is 11.6. The first-order chi connectivity index (χ1) is 14.3. The summed E-state index contributed by atoms with van der Waals surface area (Å²) in [6.45, 7) is 10.9. The van der Waals surface area contributed by atoms with E-state index >= 15 is 0 Å². The Morgan fingerprint density at radius 1 is 1.10 bits per heavy atom. The van der Waals surface area contributed by atoms with E-state index in [1.807, 2.05) is 13.8 Å². The molecule has 0 aliphatic heterocycles. The molecule has 4 rings (SSSR count). The van der Waals surface area contributed by atoms with Crippen LogP contribution in [0.5, 0.6) is 0 Å². The SMILES string of the molecule is CC(CCCC(C)(C)O)[C@H]1CC[C@H]2C3=C(CC[C@]12C)[C@@]1(C)CC[C@H](O)C[C@]1(O)[C@@H](O)C3. The molecule has 0 bridgehead atoms. The number of fused-ring (bicyclic) bond motifs is 4. The zero-order valence-electron chi connectivity index (χ0n) is 20.5. The van der Waals surface area contributed by atoms with Gasteiger partial charge in [0, 0.05) is 11.8 Å². The van der Waals surface area contributed by atoms with Crippen LogP contribution in [-0.2, 0) is 0 Å². The topological polar surface area (TPSA) is 80.9 Å². The predicted octanol–water partition coefficient (Wildman–Crippen LogP) is 4.73. The van der Waals surface area contributed by atoms with Gasteiger partial charge in [-0.15, -0.1) is 0 Å². The maximum absolute atomic E-state index is 11.6. The van der Waals surface area contributed by atoms with Crippen LogP contribution >= 0.6 is 0 Å². The van der Waals surface area contributed by atoms with E-state index in [-0.39, 0.29) is 5.41 Å². The van der Waals surface area contributed by atoms with E-state index in [1.165, 1.54) is 36.8 Å². The molecule has 4 aliphatic carbocycles. The fourth-order valence-electron chi connectivity index (χ4n) is 8.50. The molecule has 0 amide bonds. The quantitative estimate of drug-likeness (QED) is 0.472. The third-order valence-corrected chi connectivity index (χ3v) is 10.4. The Hall–Kier alpha value is -0.420. The highest BCUT2D eigenvalue weighted by atomic mass is 16.3. The number of aliphatic hydroxyl groups is 4. The average molecular weight is 435 g/mol. The van der Waals surface area contributed by atoms with Gasteiger partial charge in [0.25, 0.3) is 0 Å². The van der Waals surface area contributed by atoms with Gasteiger partial charge in [0.1, 0.15) is 5.60 Å². The molecule has 4 aliphatic rings. The van der Waals surface area contributed by atoms with Crippen molar-refractivity contribution >= 4 is 0 Å². The summed E-state index contributed by atoms with van der Waals surface area (Å²) in [5.74, 6) is 1.85. The minimum atomic E-state index is -1.19. The highest BCUT2D eigenvalue weighted by Gasteiger charge is 2.63. The fraction of sp³-hybridized carbons (Fsp3) is 0.926. The highest BCUT2D eigenvalue weighted by Crippen LogP contribution is 2.66. The van der Waals surface area contributed by atoms with Gasteiger partial charge >= 0.3 is 0 Å². The van der Waals surface area contributed by atoms with Gasteiger partial charge in [-0.25, -0.2) is 0 Å². The molecule has 0 aromatic rings. The van der Waals surface area contributed by atoms with Gasteiger partial charge in [0.15, 0.2) is 0 Å². The molecule has 31 heavy (non-hydrogen) atoms. The lowest BCUT2D eigenvalue weighted by Crippen LogP contribution is -2.63. The largest absolute Gasteiger partial charge is 0.393 e. The smallest absolute Gasteiger partial charge is 0.102 e. The van der Waals surface area contributed by atoms with Crippen LogP contribution in [0.25, 0.3) is 0 Å². The molecule has 0 aromatic heterocycles. The first-order valence-electron chi connectivity index (χ1n) is 12.8. The molecule has 4 heteroatoms. The van der Waals surface area contributed by atoms with Crippen LogP contribution < -0.4 is 0 Å². The summed E-state index contributed by atoms with van der Waals surface area (Å²) in [4.78, 5) is 0. The first-order valence-corrected chi connectivity index (χ1v) is 12.8. The van der Waals surface area contributed by atoms with E-state index in [4.69, 9.17) is 0 Å². The van der Waals surface area contributed by atoms with E-state index in [0.29, 0.717) is 37.0 Å². The first kappa shape index (κ1) is 23.7. The molecule has 0 radical (unpaired) electrons. The Morgan fingerprint density at radius 2 is 1.81 bits per heavy atom. The van der Waals surface area contributed by atoms with Gasteiger partial charge in [0.2, 0.25) is 0 Å². The molecular formula is C27H46O4. The van der Waals surface area contributed by atoms with Gasteiger partial charge in [-0.05, 0) is 88.4 Å². The van der Waals surface area contributed by atoms with E-state index in [1.54, 1.807) is 0 Å². The number of rotatable bonds is 5. The molecule has 0 saturated heterocycles. The van der Waals surface area contributed by atoms with Crippen molar-refractivity contribution in [2.45, 2.75) is 129 Å². The van der Waals surface area contributed by atoms with E-state index < -0.39 is 28.8 Å². The van der Waals surface area contributed by atoms with E-state index in [9.17, 15) is 20.4 Å². The Bertz CT molecular complexity index is 723.